The lowest BCUT2D eigenvalue weighted by atomic mass is 10.0. The largest absolute Gasteiger partial charge is 0.484 e. The summed E-state index contributed by atoms with van der Waals surface area (Å²) in [5.41, 5.74) is 1.99. The van der Waals surface area contributed by atoms with Gasteiger partial charge in [-0.1, -0.05) is 35.9 Å². The topological polar surface area (TPSA) is 53.6 Å². The smallest absolute Gasteiger partial charge is 0.422 e. The molecule has 0 spiro atoms. The van der Waals surface area contributed by atoms with Crippen LogP contribution in [0.3, 0.4) is 0 Å². The minimum atomic E-state index is -4.38. The molecule has 32 heavy (non-hydrogen) atoms. The molecule has 0 bridgehead atoms. The van der Waals surface area contributed by atoms with Gasteiger partial charge in [-0.05, 0) is 55.2 Å². The summed E-state index contributed by atoms with van der Waals surface area (Å²) in [6, 6.07) is 13.6. The van der Waals surface area contributed by atoms with Crippen molar-refractivity contribution >= 4 is 17.6 Å². The van der Waals surface area contributed by atoms with Crippen LogP contribution in [-0.4, -0.2) is 42.8 Å². The van der Waals surface area contributed by atoms with Crippen molar-refractivity contribution in [1.82, 2.24) is 15.5 Å². The average Bonchev–Trinajstić information content (AvgIpc) is 2.75. The first-order valence-electron chi connectivity index (χ1n) is 10.5. The van der Waals surface area contributed by atoms with Crippen LogP contribution in [0.15, 0.2) is 48.5 Å². The lowest BCUT2D eigenvalue weighted by Gasteiger charge is -2.32. The summed E-state index contributed by atoms with van der Waals surface area (Å²) in [5.74, 6) is 0.132. The molecule has 1 aliphatic rings. The van der Waals surface area contributed by atoms with Crippen molar-refractivity contribution in [3.63, 3.8) is 0 Å². The molecular weight excluding hydrogens is 443 g/mol. The SMILES string of the molecule is CC(NC(=O)NC1CCN(Cc2ccc(Cl)cc2)CC1)c1ccc(OCC(F)(F)F)cc1. The first kappa shape index (κ1) is 24.2. The van der Waals surface area contributed by atoms with E-state index in [-0.39, 0.29) is 23.9 Å². The van der Waals surface area contributed by atoms with Crippen LogP contribution in [0.1, 0.15) is 36.9 Å². The van der Waals surface area contributed by atoms with E-state index in [1.165, 1.54) is 17.7 Å². The zero-order valence-electron chi connectivity index (χ0n) is 17.8. The highest BCUT2D eigenvalue weighted by Crippen LogP contribution is 2.21. The number of piperidine rings is 1. The van der Waals surface area contributed by atoms with E-state index in [4.69, 9.17) is 16.3 Å². The van der Waals surface area contributed by atoms with E-state index in [0.717, 1.165) is 43.1 Å². The molecule has 5 nitrogen and oxygen atoms in total. The third kappa shape index (κ3) is 7.91. The van der Waals surface area contributed by atoms with Crippen LogP contribution in [0.5, 0.6) is 5.75 Å². The molecule has 0 aliphatic carbocycles. The Morgan fingerprint density at radius 3 is 2.34 bits per heavy atom. The Labute approximate surface area is 190 Å². The number of hydrogen-bond donors (Lipinski definition) is 2. The Kier molecular flexibility index (Phi) is 8.26. The second kappa shape index (κ2) is 10.9. The summed E-state index contributed by atoms with van der Waals surface area (Å²) in [4.78, 5) is 14.7. The highest BCUT2D eigenvalue weighted by atomic mass is 35.5. The zero-order chi connectivity index (χ0) is 23.1. The van der Waals surface area contributed by atoms with Gasteiger partial charge in [0.1, 0.15) is 5.75 Å². The Morgan fingerprint density at radius 2 is 1.75 bits per heavy atom. The molecule has 2 aromatic carbocycles. The number of nitrogens with zero attached hydrogens (tertiary/aromatic N) is 1. The monoisotopic (exact) mass is 469 g/mol. The average molecular weight is 470 g/mol. The van der Waals surface area contributed by atoms with Crippen LogP contribution in [0.4, 0.5) is 18.0 Å². The molecule has 0 radical (unpaired) electrons. The molecule has 2 amide bonds. The van der Waals surface area contributed by atoms with Gasteiger partial charge >= 0.3 is 12.2 Å². The number of rotatable bonds is 7. The van der Waals surface area contributed by atoms with Crippen LogP contribution in [0.25, 0.3) is 0 Å². The number of hydrogen-bond acceptors (Lipinski definition) is 3. The summed E-state index contributed by atoms with van der Waals surface area (Å²) in [5, 5.41) is 6.62. The molecule has 1 fully saturated rings. The van der Waals surface area contributed by atoms with E-state index in [9.17, 15) is 18.0 Å². The fraction of sp³-hybridized carbons (Fsp3) is 0.435. The molecule has 0 saturated carbocycles. The van der Waals surface area contributed by atoms with Crippen LogP contribution in [0, 0.1) is 0 Å². The van der Waals surface area contributed by atoms with Gasteiger partial charge in [-0.15, -0.1) is 0 Å². The zero-order valence-corrected chi connectivity index (χ0v) is 18.5. The second-order valence-electron chi connectivity index (χ2n) is 7.99. The van der Waals surface area contributed by atoms with Crippen molar-refractivity contribution in [3.8, 4) is 5.75 Å². The summed E-state index contributed by atoms with van der Waals surface area (Å²) in [6.45, 7) is 3.13. The molecule has 2 N–H and O–H groups in total. The number of amides is 2. The number of carbonyl (C=O) groups excluding carboxylic acids is 1. The standard InChI is InChI=1S/C23H27ClF3N3O2/c1-16(18-4-8-21(9-5-18)32-15-23(25,26)27)28-22(31)29-20-10-12-30(13-11-20)14-17-2-6-19(24)7-3-17/h2-9,16,20H,10-15H2,1H3,(H2,28,29,31). The second-order valence-corrected chi connectivity index (χ2v) is 8.43. The van der Waals surface area contributed by atoms with Gasteiger partial charge in [0.25, 0.3) is 0 Å². The highest BCUT2D eigenvalue weighted by Gasteiger charge is 2.28. The third-order valence-electron chi connectivity index (χ3n) is 5.37. The predicted molar refractivity (Wildman–Crippen MR) is 118 cm³/mol. The van der Waals surface area contributed by atoms with E-state index >= 15 is 0 Å². The number of alkyl halides is 3. The van der Waals surface area contributed by atoms with Crippen LogP contribution in [0.2, 0.25) is 5.02 Å². The Morgan fingerprint density at radius 1 is 1.12 bits per heavy atom. The van der Waals surface area contributed by atoms with Crippen molar-refractivity contribution in [2.75, 3.05) is 19.7 Å². The first-order chi connectivity index (χ1) is 15.2. The molecule has 1 atom stereocenters. The number of ether oxygens (including phenoxy) is 1. The van der Waals surface area contributed by atoms with Gasteiger partial charge in [0.05, 0.1) is 6.04 Å². The van der Waals surface area contributed by atoms with E-state index in [2.05, 4.69) is 15.5 Å². The highest BCUT2D eigenvalue weighted by molar-refractivity contribution is 6.30. The molecular formula is C23H27ClF3N3O2. The van der Waals surface area contributed by atoms with Crippen LogP contribution < -0.4 is 15.4 Å². The van der Waals surface area contributed by atoms with Gasteiger partial charge in [0.15, 0.2) is 6.61 Å². The number of urea groups is 1. The molecule has 1 heterocycles. The number of benzene rings is 2. The first-order valence-corrected chi connectivity index (χ1v) is 10.9. The van der Waals surface area contributed by atoms with E-state index in [1.54, 1.807) is 12.1 Å². The van der Waals surface area contributed by atoms with Gasteiger partial charge in [0, 0.05) is 30.7 Å². The summed E-state index contributed by atoms with van der Waals surface area (Å²) < 4.78 is 41.4. The molecule has 1 unspecified atom stereocenters. The predicted octanol–water partition coefficient (Wildman–Crippen LogP) is 5.31. The Bertz CT molecular complexity index is 868. The Hall–Kier alpha value is -2.45. The van der Waals surface area contributed by atoms with Crippen molar-refractivity contribution < 1.29 is 22.7 Å². The maximum atomic E-state index is 12.4. The molecule has 174 valence electrons. The van der Waals surface area contributed by atoms with E-state index in [0.29, 0.717) is 0 Å². The Balaban J connectivity index is 1.39. The molecule has 3 rings (SSSR count). The van der Waals surface area contributed by atoms with Gasteiger partial charge in [0.2, 0.25) is 0 Å². The minimum Gasteiger partial charge on any atom is -0.484 e. The van der Waals surface area contributed by atoms with Gasteiger partial charge in [-0.2, -0.15) is 13.2 Å². The van der Waals surface area contributed by atoms with E-state index < -0.39 is 12.8 Å². The number of carbonyl (C=O) groups is 1. The van der Waals surface area contributed by atoms with Crippen molar-refractivity contribution in [3.05, 3.63) is 64.7 Å². The minimum absolute atomic E-state index is 0.0989. The molecule has 0 aromatic heterocycles. The lowest BCUT2D eigenvalue weighted by molar-refractivity contribution is -0.153. The van der Waals surface area contributed by atoms with Crippen LogP contribution in [-0.2, 0) is 6.54 Å². The van der Waals surface area contributed by atoms with Gasteiger partial charge < -0.3 is 15.4 Å². The quantitative estimate of drug-likeness (QED) is 0.578. The lowest BCUT2D eigenvalue weighted by Crippen LogP contribution is -2.48. The maximum Gasteiger partial charge on any atom is 0.422 e. The van der Waals surface area contributed by atoms with Crippen molar-refractivity contribution in [2.24, 2.45) is 0 Å². The fourth-order valence-electron chi connectivity index (χ4n) is 3.61. The normalized spacial score (nSPS) is 16.4. The van der Waals surface area contributed by atoms with E-state index in [1.807, 2.05) is 31.2 Å². The number of nitrogens with one attached hydrogen (secondary N) is 2. The van der Waals surface area contributed by atoms with Crippen molar-refractivity contribution in [1.29, 1.82) is 0 Å². The molecule has 1 saturated heterocycles. The van der Waals surface area contributed by atoms with Gasteiger partial charge in [-0.3, -0.25) is 4.90 Å². The van der Waals surface area contributed by atoms with Gasteiger partial charge in [-0.25, -0.2) is 4.79 Å². The fourth-order valence-corrected chi connectivity index (χ4v) is 3.73. The summed E-state index contributed by atoms with van der Waals surface area (Å²) >= 11 is 5.93. The number of likely N-dealkylation sites (tertiary alicyclic amines) is 1. The molecule has 2 aromatic rings. The molecule has 1 aliphatic heterocycles. The number of halogens is 4. The summed E-state index contributed by atoms with van der Waals surface area (Å²) in [7, 11) is 0. The maximum absolute atomic E-state index is 12.4. The third-order valence-corrected chi connectivity index (χ3v) is 5.62. The summed E-state index contributed by atoms with van der Waals surface area (Å²) in [6.07, 6.45) is -2.65. The van der Waals surface area contributed by atoms with Crippen molar-refractivity contribution in [2.45, 2.75) is 44.6 Å². The van der Waals surface area contributed by atoms with Crippen LogP contribution >= 0.6 is 11.6 Å². The molecule has 9 heteroatoms.